The number of aliphatic carboxylic acids is 1. The van der Waals surface area contributed by atoms with Gasteiger partial charge in [-0.3, -0.25) is 14.4 Å². The number of nitrogens with zero attached hydrogens (tertiary/aromatic N) is 1. The van der Waals surface area contributed by atoms with E-state index in [1.54, 1.807) is 13.8 Å². The SMILES string of the molecule is CC(C)C(NC(=O)C1CCCN1C(=O)C(NC(=O)C1CCCN1)C(C)C)C(=O)O. The molecule has 0 saturated carbocycles. The highest BCUT2D eigenvalue weighted by Crippen LogP contribution is 2.21. The Morgan fingerprint density at radius 2 is 1.55 bits per heavy atom. The van der Waals surface area contributed by atoms with Crippen molar-refractivity contribution < 1.29 is 24.3 Å². The average molecular weight is 411 g/mol. The summed E-state index contributed by atoms with van der Waals surface area (Å²) < 4.78 is 0. The largest absolute Gasteiger partial charge is 0.480 e. The van der Waals surface area contributed by atoms with Gasteiger partial charge >= 0.3 is 5.97 Å². The van der Waals surface area contributed by atoms with Crippen LogP contribution in [0.5, 0.6) is 0 Å². The topological polar surface area (TPSA) is 128 Å². The highest BCUT2D eigenvalue weighted by Gasteiger charge is 2.40. The fraction of sp³-hybridized carbons (Fsp3) is 0.800. The summed E-state index contributed by atoms with van der Waals surface area (Å²) in [7, 11) is 0. The minimum atomic E-state index is -1.10. The van der Waals surface area contributed by atoms with Crippen LogP contribution in [0.25, 0.3) is 0 Å². The monoisotopic (exact) mass is 410 g/mol. The van der Waals surface area contributed by atoms with Crippen LogP contribution in [-0.4, -0.2) is 71.0 Å². The Bertz CT molecular complexity index is 630. The number of hydrogen-bond donors (Lipinski definition) is 4. The standard InChI is InChI=1S/C20H34N4O5/c1-11(2)15(22-17(25)13-7-5-9-21-13)19(27)24-10-6-8-14(24)18(26)23-16(12(3)4)20(28)29/h11-16,21H,5-10H2,1-4H3,(H,22,25)(H,23,26)(H,28,29). The molecule has 2 saturated heterocycles. The van der Waals surface area contributed by atoms with E-state index in [4.69, 9.17) is 0 Å². The van der Waals surface area contributed by atoms with Gasteiger partial charge in [-0.1, -0.05) is 27.7 Å². The molecule has 4 N–H and O–H groups in total. The number of rotatable bonds is 8. The second kappa shape index (κ2) is 10.0. The predicted molar refractivity (Wildman–Crippen MR) is 107 cm³/mol. The summed E-state index contributed by atoms with van der Waals surface area (Å²) in [6.45, 7) is 8.35. The van der Waals surface area contributed by atoms with Crippen LogP contribution in [0.15, 0.2) is 0 Å². The number of carbonyl (C=O) groups excluding carboxylic acids is 3. The van der Waals surface area contributed by atoms with Crippen molar-refractivity contribution in [2.75, 3.05) is 13.1 Å². The molecule has 2 heterocycles. The first kappa shape index (κ1) is 23.1. The van der Waals surface area contributed by atoms with E-state index in [0.29, 0.717) is 19.4 Å². The molecule has 9 heteroatoms. The maximum absolute atomic E-state index is 13.2. The molecule has 0 aromatic rings. The van der Waals surface area contributed by atoms with E-state index in [0.717, 1.165) is 19.4 Å². The van der Waals surface area contributed by atoms with Crippen molar-refractivity contribution in [3.8, 4) is 0 Å². The van der Waals surface area contributed by atoms with Gasteiger partial charge in [0.1, 0.15) is 18.1 Å². The van der Waals surface area contributed by atoms with Crippen molar-refractivity contribution in [2.45, 2.75) is 77.5 Å². The lowest BCUT2D eigenvalue weighted by atomic mass is 10.0. The lowest BCUT2D eigenvalue weighted by Crippen LogP contribution is -2.58. The molecule has 0 aromatic heterocycles. The minimum Gasteiger partial charge on any atom is -0.480 e. The van der Waals surface area contributed by atoms with Crippen LogP contribution in [0.2, 0.25) is 0 Å². The van der Waals surface area contributed by atoms with Crippen molar-refractivity contribution in [1.29, 1.82) is 0 Å². The number of hydrogen-bond acceptors (Lipinski definition) is 5. The van der Waals surface area contributed by atoms with Gasteiger partial charge in [-0.05, 0) is 44.1 Å². The molecule has 0 bridgehead atoms. The maximum atomic E-state index is 13.2. The fourth-order valence-electron chi connectivity index (χ4n) is 3.92. The van der Waals surface area contributed by atoms with Gasteiger partial charge in [-0.15, -0.1) is 0 Å². The first-order valence-corrected chi connectivity index (χ1v) is 10.5. The zero-order valence-corrected chi connectivity index (χ0v) is 17.7. The molecule has 0 radical (unpaired) electrons. The van der Waals surface area contributed by atoms with Crippen LogP contribution in [0.4, 0.5) is 0 Å². The summed E-state index contributed by atoms with van der Waals surface area (Å²) in [4.78, 5) is 51.3. The van der Waals surface area contributed by atoms with E-state index in [9.17, 15) is 24.3 Å². The van der Waals surface area contributed by atoms with E-state index < -0.39 is 30.0 Å². The first-order valence-electron chi connectivity index (χ1n) is 10.5. The fourth-order valence-corrected chi connectivity index (χ4v) is 3.92. The van der Waals surface area contributed by atoms with Gasteiger partial charge in [0.15, 0.2) is 0 Å². The van der Waals surface area contributed by atoms with Crippen molar-refractivity contribution in [2.24, 2.45) is 11.8 Å². The second-order valence-corrected chi connectivity index (χ2v) is 8.64. The van der Waals surface area contributed by atoms with Crippen LogP contribution in [0, 0.1) is 11.8 Å². The smallest absolute Gasteiger partial charge is 0.326 e. The molecule has 0 aliphatic carbocycles. The van der Waals surface area contributed by atoms with E-state index in [2.05, 4.69) is 16.0 Å². The first-order chi connectivity index (χ1) is 13.6. The number of carboxylic acids is 1. The Labute approximate surface area is 172 Å². The normalized spacial score (nSPS) is 23.9. The number of carboxylic acid groups (broad SMARTS) is 1. The van der Waals surface area contributed by atoms with Gasteiger partial charge in [-0.2, -0.15) is 0 Å². The molecular weight excluding hydrogens is 376 g/mol. The lowest BCUT2D eigenvalue weighted by molar-refractivity contribution is -0.146. The molecule has 29 heavy (non-hydrogen) atoms. The summed E-state index contributed by atoms with van der Waals surface area (Å²) in [5, 5.41) is 17.9. The Morgan fingerprint density at radius 3 is 2.07 bits per heavy atom. The lowest BCUT2D eigenvalue weighted by Gasteiger charge is -2.31. The molecule has 2 rings (SSSR count). The molecule has 0 spiro atoms. The van der Waals surface area contributed by atoms with Crippen LogP contribution in [0.1, 0.15) is 53.4 Å². The van der Waals surface area contributed by atoms with Gasteiger partial charge in [0.2, 0.25) is 17.7 Å². The summed E-state index contributed by atoms with van der Waals surface area (Å²) in [5.41, 5.74) is 0. The van der Waals surface area contributed by atoms with Crippen LogP contribution < -0.4 is 16.0 Å². The zero-order valence-electron chi connectivity index (χ0n) is 17.7. The van der Waals surface area contributed by atoms with Crippen molar-refractivity contribution >= 4 is 23.7 Å². The minimum absolute atomic E-state index is 0.139. The third-order valence-corrected chi connectivity index (χ3v) is 5.68. The van der Waals surface area contributed by atoms with Crippen molar-refractivity contribution in [3.63, 3.8) is 0 Å². The van der Waals surface area contributed by atoms with Gasteiger partial charge in [0, 0.05) is 6.54 Å². The number of likely N-dealkylation sites (tertiary alicyclic amines) is 1. The molecule has 9 nitrogen and oxygen atoms in total. The maximum Gasteiger partial charge on any atom is 0.326 e. The van der Waals surface area contributed by atoms with Gasteiger partial charge in [0.05, 0.1) is 6.04 Å². The average Bonchev–Trinajstić information content (AvgIpc) is 3.33. The van der Waals surface area contributed by atoms with Crippen LogP contribution >= 0.6 is 0 Å². The molecule has 2 aliphatic heterocycles. The molecule has 4 unspecified atom stereocenters. The molecular formula is C20H34N4O5. The summed E-state index contributed by atoms with van der Waals surface area (Å²) in [5.74, 6) is -2.45. The number of amides is 3. The molecule has 164 valence electrons. The third kappa shape index (κ3) is 5.68. The van der Waals surface area contributed by atoms with Gasteiger partial charge in [-0.25, -0.2) is 4.79 Å². The Kier molecular flexibility index (Phi) is 8.01. The van der Waals surface area contributed by atoms with E-state index in [-0.39, 0.29) is 29.7 Å². The third-order valence-electron chi connectivity index (χ3n) is 5.68. The van der Waals surface area contributed by atoms with Crippen LogP contribution in [0.3, 0.4) is 0 Å². The highest BCUT2D eigenvalue weighted by atomic mass is 16.4. The zero-order chi connectivity index (χ0) is 21.7. The summed E-state index contributed by atoms with van der Waals surface area (Å²) >= 11 is 0. The Balaban J connectivity index is 2.08. The van der Waals surface area contributed by atoms with Gasteiger partial charge < -0.3 is 26.0 Å². The molecule has 2 fully saturated rings. The van der Waals surface area contributed by atoms with E-state index in [1.807, 2.05) is 13.8 Å². The molecule has 3 amide bonds. The van der Waals surface area contributed by atoms with E-state index in [1.165, 1.54) is 4.90 Å². The molecule has 0 aromatic carbocycles. The second-order valence-electron chi connectivity index (χ2n) is 8.64. The van der Waals surface area contributed by atoms with Gasteiger partial charge in [0.25, 0.3) is 0 Å². The highest BCUT2D eigenvalue weighted by molar-refractivity contribution is 5.94. The van der Waals surface area contributed by atoms with Crippen LogP contribution in [-0.2, 0) is 19.2 Å². The van der Waals surface area contributed by atoms with Crippen molar-refractivity contribution in [3.05, 3.63) is 0 Å². The quantitative estimate of drug-likeness (QED) is 0.449. The molecule has 2 aliphatic rings. The summed E-state index contributed by atoms with van der Waals surface area (Å²) in [6, 6.07) is -2.73. The number of nitrogens with one attached hydrogen (secondary N) is 3. The molecule has 4 atom stereocenters. The Morgan fingerprint density at radius 1 is 0.931 bits per heavy atom. The Hall–Kier alpha value is -2.16. The van der Waals surface area contributed by atoms with Crippen molar-refractivity contribution in [1.82, 2.24) is 20.9 Å². The van der Waals surface area contributed by atoms with E-state index >= 15 is 0 Å². The number of carbonyl (C=O) groups is 4. The summed E-state index contributed by atoms with van der Waals surface area (Å²) in [6.07, 6.45) is 2.80. The predicted octanol–water partition coefficient (Wildman–Crippen LogP) is 0.0956.